The van der Waals surface area contributed by atoms with Crippen molar-refractivity contribution in [3.05, 3.63) is 46.0 Å². The molecule has 8 nitrogen and oxygen atoms in total. The lowest BCUT2D eigenvalue weighted by molar-refractivity contribution is -0.384. The van der Waals surface area contributed by atoms with Crippen LogP contribution in [-0.4, -0.2) is 23.1 Å². The first kappa shape index (κ1) is 14.9. The third kappa shape index (κ3) is 2.84. The van der Waals surface area contributed by atoms with Crippen molar-refractivity contribution < 1.29 is 17.7 Å². The highest BCUT2D eigenvalue weighted by atomic mass is 32.2. The molecule has 1 heterocycles. The van der Waals surface area contributed by atoms with Crippen molar-refractivity contribution in [2.75, 3.05) is 4.72 Å². The van der Waals surface area contributed by atoms with E-state index in [1.54, 1.807) is 7.05 Å². The first-order chi connectivity index (χ1) is 9.72. The minimum Gasteiger partial charge on any atom is -0.276 e. The molecule has 0 spiro atoms. The molecule has 112 valence electrons. The summed E-state index contributed by atoms with van der Waals surface area (Å²) in [4.78, 5) is 9.78. The highest BCUT2D eigenvalue weighted by molar-refractivity contribution is 7.92. The van der Waals surface area contributed by atoms with Gasteiger partial charge in [-0.15, -0.1) is 0 Å². The van der Waals surface area contributed by atoms with Crippen LogP contribution in [0.5, 0.6) is 0 Å². The number of aromatic nitrogens is 2. The molecule has 0 saturated carbocycles. The van der Waals surface area contributed by atoms with Crippen LogP contribution in [0, 0.1) is 22.9 Å². The van der Waals surface area contributed by atoms with E-state index in [2.05, 4.69) is 5.10 Å². The van der Waals surface area contributed by atoms with Crippen molar-refractivity contribution in [1.29, 1.82) is 0 Å². The summed E-state index contributed by atoms with van der Waals surface area (Å²) < 4.78 is 41.3. The van der Waals surface area contributed by atoms with Gasteiger partial charge in [0.15, 0.2) is 0 Å². The van der Waals surface area contributed by atoms with Gasteiger partial charge in [-0.3, -0.25) is 19.5 Å². The summed E-state index contributed by atoms with van der Waals surface area (Å²) in [5, 5.41) is 14.4. The maximum atomic E-state index is 13.6. The molecule has 1 aromatic carbocycles. The van der Waals surface area contributed by atoms with Crippen LogP contribution < -0.4 is 4.72 Å². The van der Waals surface area contributed by atoms with E-state index >= 15 is 0 Å². The van der Waals surface area contributed by atoms with E-state index < -0.39 is 32.1 Å². The minimum atomic E-state index is -4.08. The summed E-state index contributed by atoms with van der Waals surface area (Å²) in [6, 6.07) is 2.59. The molecule has 10 heteroatoms. The average molecular weight is 314 g/mol. The number of non-ortho nitro benzene ring substituents is 1. The predicted molar refractivity (Wildman–Crippen MR) is 71.8 cm³/mol. The fourth-order valence-electron chi connectivity index (χ4n) is 1.65. The van der Waals surface area contributed by atoms with Gasteiger partial charge in [-0.1, -0.05) is 0 Å². The Kier molecular flexibility index (Phi) is 3.64. The second-order valence-electron chi connectivity index (χ2n) is 4.24. The normalized spacial score (nSPS) is 11.4. The van der Waals surface area contributed by atoms with Crippen molar-refractivity contribution in [3.63, 3.8) is 0 Å². The van der Waals surface area contributed by atoms with E-state index in [9.17, 15) is 22.9 Å². The number of hydrogen-bond donors (Lipinski definition) is 1. The lowest BCUT2D eigenvalue weighted by Gasteiger charge is -2.08. The Morgan fingerprint density at radius 3 is 2.62 bits per heavy atom. The van der Waals surface area contributed by atoms with Gasteiger partial charge in [0.05, 0.1) is 22.5 Å². The first-order valence-corrected chi connectivity index (χ1v) is 7.16. The van der Waals surface area contributed by atoms with E-state index in [1.807, 2.05) is 4.72 Å². The molecule has 0 bridgehead atoms. The van der Waals surface area contributed by atoms with Gasteiger partial charge in [0.2, 0.25) is 0 Å². The maximum absolute atomic E-state index is 13.6. The molecule has 2 aromatic rings. The monoisotopic (exact) mass is 314 g/mol. The second-order valence-corrected chi connectivity index (χ2v) is 5.90. The van der Waals surface area contributed by atoms with Crippen molar-refractivity contribution in [2.24, 2.45) is 7.05 Å². The number of anilines is 1. The van der Waals surface area contributed by atoms with Crippen LogP contribution in [0.25, 0.3) is 0 Å². The molecular weight excluding hydrogens is 303 g/mol. The number of hydrogen-bond acceptors (Lipinski definition) is 5. The molecular formula is C11H11FN4O4S. The number of halogens is 1. The number of sulfonamides is 1. The molecule has 21 heavy (non-hydrogen) atoms. The van der Waals surface area contributed by atoms with Crippen LogP contribution in [-0.2, 0) is 17.1 Å². The van der Waals surface area contributed by atoms with E-state index in [0.29, 0.717) is 5.69 Å². The zero-order valence-electron chi connectivity index (χ0n) is 11.1. The molecule has 0 amide bonds. The number of nitrogens with one attached hydrogen (secondary N) is 1. The van der Waals surface area contributed by atoms with Gasteiger partial charge in [-0.25, -0.2) is 12.8 Å². The van der Waals surface area contributed by atoms with Gasteiger partial charge < -0.3 is 0 Å². The SMILES string of the molecule is Cc1c(S(=O)(=O)Nc2cc([N+](=O)[O-])ccc2F)cnn1C. The summed E-state index contributed by atoms with van der Waals surface area (Å²) >= 11 is 0. The Balaban J connectivity index is 2.44. The third-order valence-electron chi connectivity index (χ3n) is 2.88. The average Bonchev–Trinajstić information content (AvgIpc) is 2.73. The lowest BCUT2D eigenvalue weighted by atomic mass is 10.3. The van der Waals surface area contributed by atoms with E-state index in [4.69, 9.17) is 0 Å². The van der Waals surface area contributed by atoms with Gasteiger partial charge in [0.1, 0.15) is 10.7 Å². The topological polar surface area (TPSA) is 107 Å². The molecule has 0 aliphatic rings. The highest BCUT2D eigenvalue weighted by Crippen LogP contribution is 2.24. The Hall–Kier alpha value is -2.49. The Labute approximate surface area is 119 Å². The fourth-order valence-corrected chi connectivity index (χ4v) is 2.91. The van der Waals surface area contributed by atoms with Crippen LogP contribution in [0.15, 0.2) is 29.3 Å². The summed E-state index contributed by atoms with van der Waals surface area (Å²) in [5.74, 6) is -0.911. The van der Waals surface area contributed by atoms with E-state index in [-0.39, 0.29) is 4.90 Å². The molecule has 1 aromatic heterocycles. The van der Waals surface area contributed by atoms with Crippen molar-refractivity contribution in [3.8, 4) is 0 Å². The summed E-state index contributed by atoms with van der Waals surface area (Å²) in [5.41, 5.74) is -0.558. The standard InChI is InChI=1S/C11H11FN4O4S/c1-7-11(6-13-15(7)2)21(19,20)14-10-5-8(16(17)18)3-4-9(10)12/h3-6,14H,1-2H3. The first-order valence-electron chi connectivity index (χ1n) is 5.68. The van der Waals surface area contributed by atoms with Crippen molar-refractivity contribution >= 4 is 21.4 Å². The zero-order valence-corrected chi connectivity index (χ0v) is 11.9. The highest BCUT2D eigenvalue weighted by Gasteiger charge is 2.22. The van der Waals surface area contributed by atoms with Crippen LogP contribution in [0.1, 0.15) is 5.69 Å². The molecule has 0 fully saturated rings. The zero-order chi connectivity index (χ0) is 15.8. The summed E-state index contributed by atoms with van der Waals surface area (Å²) in [7, 11) is -2.53. The number of nitro groups is 1. The van der Waals surface area contributed by atoms with Gasteiger partial charge in [-0.05, 0) is 13.0 Å². The third-order valence-corrected chi connectivity index (χ3v) is 4.35. The van der Waals surface area contributed by atoms with E-state index in [1.165, 1.54) is 11.6 Å². The van der Waals surface area contributed by atoms with Crippen molar-refractivity contribution in [2.45, 2.75) is 11.8 Å². The van der Waals surface area contributed by atoms with Gasteiger partial charge in [0.25, 0.3) is 15.7 Å². The molecule has 2 rings (SSSR count). The van der Waals surface area contributed by atoms with Gasteiger partial charge in [-0.2, -0.15) is 5.10 Å². The van der Waals surface area contributed by atoms with E-state index in [0.717, 1.165) is 24.4 Å². The number of aryl methyl sites for hydroxylation is 1. The molecule has 0 atom stereocenters. The molecule has 1 N–H and O–H groups in total. The number of benzene rings is 1. The second kappa shape index (κ2) is 5.13. The Bertz CT molecular complexity index is 816. The van der Waals surface area contributed by atoms with Crippen LogP contribution in [0.3, 0.4) is 0 Å². The predicted octanol–water partition coefficient (Wildman–Crippen LogP) is 1.58. The van der Waals surface area contributed by atoms with Crippen LogP contribution in [0.4, 0.5) is 15.8 Å². The maximum Gasteiger partial charge on any atom is 0.271 e. The number of rotatable bonds is 4. The smallest absolute Gasteiger partial charge is 0.271 e. The molecule has 0 aliphatic heterocycles. The number of nitro benzene ring substituents is 1. The molecule has 0 aliphatic carbocycles. The summed E-state index contributed by atoms with van der Waals surface area (Å²) in [6.45, 7) is 1.53. The fraction of sp³-hybridized carbons (Fsp3) is 0.182. The van der Waals surface area contributed by atoms with Crippen molar-refractivity contribution in [1.82, 2.24) is 9.78 Å². The Morgan fingerprint density at radius 1 is 1.43 bits per heavy atom. The molecule has 0 saturated heterocycles. The number of nitrogens with zero attached hydrogens (tertiary/aromatic N) is 3. The van der Waals surface area contributed by atoms with Crippen LogP contribution >= 0.6 is 0 Å². The van der Waals surface area contributed by atoms with Gasteiger partial charge >= 0.3 is 0 Å². The van der Waals surface area contributed by atoms with Crippen LogP contribution in [0.2, 0.25) is 0 Å². The molecule has 0 radical (unpaired) electrons. The molecule has 0 unspecified atom stereocenters. The summed E-state index contributed by atoms with van der Waals surface area (Å²) in [6.07, 6.45) is 1.12. The minimum absolute atomic E-state index is 0.129. The quantitative estimate of drug-likeness (QED) is 0.681. The van der Waals surface area contributed by atoms with Gasteiger partial charge in [0, 0.05) is 19.2 Å². The largest absolute Gasteiger partial charge is 0.276 e. The lowest BCUT2D eigenvalue weighted by Crippen LogP contribution is -2.15. The Morgan fingerprint density at radius 2 is 2.10 bits per heavy atom.